The summed E-state index contributed by atoms with van der Waals surface area (Å²) in [6.07, 6.45) is 5.16. The van der Waals surface area contributed by atoms with E-state index < -0.39 is 10.0 Å². The molecule has 1 fully saturated rings. The maximum absolute atomic E-state index is 13.1. The zero-order valence-corrected chi connectivity index (χ0v) is 16.9. The molecule has 0 spiro atoms. The molecule has 3 aromatic rings. The number of piperidine rings is 1. The fourth-order valence-electron chi connectivity index (χ4n) is 4.06. The zero-order chi connectivity index (χ0) is 19.3. The largest absolute Gasteiger partial charge is 0.271 e. The first-order valence-corrected chi connectivity index (χ1v) is 10.5. The maximum Gasteiger partial charge on any atom is 0.246 e. The summed E-state index contributed by atoms with van der Waals surface area (Å²) in [5, 5.41) is 8.49. The van der Waals surface area contributed by atoms with Gasteiger partial charge in [0.2, 0.25) is 10.0 Å². The summed E-state index contributed by atoms with van der Waals surface area (Å²) in [6.45, 7) is 6.65. The van der Waals surface area contributed by atoms with E-state index in [-0.39, 0.29) is 0 Å². The maximum atomic E-state index is 13.1. The van der Waals surface area contributed by atoms with Crippen LogP contribution in [0.15, 0.2) is 23.5 Å². The van der Waals surface area contributed by atoms with E-state index in [1.54, 1.807) is 40.7 Å². The number of aromatic nitrogens is 5. The van der Waals surface area contributed by atoms with Crippen molar-refractivity contribution in [3.63, 3.8) is 0 Å². The third-order valence-corrected chi connectivity index (χ3v) is 7.75. The number of hydrogen-bond acceptors (Lipinski definition) is 5. The summed E-state index contributed by atoms with van der Waals surface area (Å²) in [5.41, 5.74) is 4.47. The number of rotatable bonds is 3. The molecular weight excluding hydrogens is 364 g/mol. The van der Waals surface area contributed by atoms with Gasteiger partial charge in [-0.15, -0.1) is 0 Å². The minimum absolute atomic E-state index is 0.321. The predicted octanol–water partition coefficient (Wildman–Crippen LogP) is 1.96. The van der Waals surface area contributed by atoms with Crippen LogP contribution in [0, 0.1) is 20.8 Å². The zero-order valence-electron chi connectivity index (χ0n) is 16.0. The van der Waals surface area contributed by atoms with Gasteiger partial charge >= 0.3 is 0 Å². The van der Waals surface area contributed by atoms with Crippen LogP contribution < -0.4 is 0 Å². The molecule has 27 heavy (non-hydrogen) atoms. The van der Waals surface area contributed by atoms with Gasteiger partial charge < -0.3 is 0 Å². The summed E-state index contributed by atoms with van der Waals surface area (Å²) in [5.74, 6) is 0.321. The summed E-state index contributed by atoms with van der Waals surface area (Å²) in [7, 11) is -1.75. The number of pyridine rings is 1. The Morgan fingerprint density at radius 3 is 2.48 bits per heavy atom. The molecule has 0 aromatic carbocycles. The van der Waals surface area contributed by atoms with Crippen LogP contribution >= 0.6 is 0 Å². The highest BCUT2D eigenvalue weighted by Gasteiger charge is 2.34. The van der Waals surface area contributed by atoms with E-state index >= 15 is 0 Å². The Balaban J connectivity index is 1.57. The number of hydrogen-bond donors (Lipinski definition) is 0. The molecule has 9 heteroatoms. The monoisotopic (exact) mass is 388 g/mol. The Morgan fingerprint density at radius 2 is 1.85 bits per heavy atom. The second kappa shape index (κ2) is 6.42. The quantitative estimate of drug-likeness (QED) is 0.685. The molecule has 0 aliphatic carbocycles. The van der Waals surface area contributed by atoms with Crippen LogP contribution in [0.25, 0.3) is 5.65 Å². The molecule has 4 rings (SSSR count). The lowest BCUT2D eigenvalue weighted by molar-refractivity contribution is 0.318. The molecule has 0 unspecified atom stereocenters. The Hall–Kier alpha value is -2.26. The minimum atomic E-state index is -3.52. The van der Waals surface area contributed by atoms with Crippen molar-refractivity contribution in [3.05, 3.63) is 41.1 Å². The second-order valence-electron chi connectivity index (χ2n) is 7.28. The van der Waals surface area contributed by atoms with Crippen molar-refractivity contribution in [3.8, 4) is 0 Å². The van der Waals surface area contributed by atoms with Crippen molar-refractivity contribution in [2.45, 2.75) is 44.4 Å². The van der Waals surface area contributed by atoms with E-state index in [0.29, 0.717) is 35.3 Å². The first kappa shape index (κ1) is 18.1. The molecule has 0 amide bonds. The minimum Gasteiger partial charge on any atom is -0.271 e. The normalized spacial score (nSPS) is 17.0. The standard InChI is InChI=1S/C18H24N6O2S/c1-12-9-17-19-11-20-24(17)10-16(12)15-5-7-23(8-6-15)27(25,26)18-13(2)21-22(4)14(18)3/h9-11,15H,5-8H2,1-4H3. The van der Waals surface area contributed by atoms with Gasteiger partial charge in [0, 0.05) is 26.3 Å². The van der Waals surface area contributed by atoms with E-state index in [1.807, 2.05) is 12.3 Å². The summed E-state index contributed by atoms with van der Waals surface area (Å²) in [4.78, 5) is 4.57. The lowest BCUT2D eigenvalue weighted by atomic mass is 9.89. The van der Waals surface area contributed by atoms with Crippen LogP contribution in [0.5, 0.6) is 0 Å². The molecule has 1 aliphatic rings. The van der Waals surface area contributed by atoms with Crippen molar-refractivity contribution in [2.24, 2.45) is 7.05 Å². The summed E-state index contributed by atoms with van der Waals surface area (Å²) < 4.78 is 31.3. The van der Waals surface area contributed by atoms with Crippen molar-refractivity contribution in [1.29, 1.82) is 0 Å². The van der Waals surface area contributed by atoms with Gasteiger partial charge in [0.05, 0.1) is 11.4 Å². The van der Waals surface area contributed by atoms with Crippen LogP contribution in [-0.4, -0.2) is 50.2 Å². The molecule has 0 bridgehead atoms. The third-order valence-electron chi connectivity index (χ3n) is 5.60. The van der Waals surface area contributed by atoms with Crippen molar-refractivity contribution in [1.82, 2.24) is 28.7 Å². The molecule has 144 valence electrons. The SMILES string of the molecule is Cc1cc2ncnn2cc1C1CCN(S(=O)(=O)c2c(C)nn(C)c2C)CC1. The predicted molar refractivity (Wildman–Crippen MR) is 101 cm³/mol. The summed E-state index contributed by atoms with van der Waals surface area (Å²) in [6, 6.07) is 2.04. The van der Waals surface area contributed by atoms with Gasteiger partial charge in [0.25, 0.3) is 0 Å². The number of sulfonamides is 1. The Morgan fingerprint density at radius 1 is 1.15 bits per heavy atom. The molecule has 0 radical (unpaired) electrons. The van der Waals surface area contributed by atoms with Crippen LogP contribution in [0.4, 0.5) is 0 Å². The van der Waals surface area contributed by atoms with Gasteiger partial charge in [-0.25, -0.2) is 17.9 Å². The van der Waals surface area contributed by atoms with Crippen LogP contribution in [0.1, 0.15) is 41.3 Å². The number of fused-ring (bicyclic) bond motifs is 1. The number of nitrogens with zero attached hydrogens (tertiary/aromatic N) is 6. The molecule has 0 saturated carbocycles. The van der Waals surface area contributed by atoms with Gasteiger partial charge in [0.1, 0.15) is 11.2 Å². The van der Waals surface area contributed by atoms with E-state index in [1.165, 1.54) is 11.1 Å². The van der Waals surface area contributed by atoms with E-state index in [2.05, 4.69) is 22.1 Å². The van der Waals surface area contributed by atoms with Gasteiger partial charge in [0.15, 0.2) is 5.65 Å². The van der Waals surface area contributed by atoms with E-state index in [9.17, 15) is 8.42 Å². The van der Waals surface area contributed by atoms with Crippen molar-refractivity contribution < 1.29 is 8.42 Å². The summed E-state index contributed by atoms with van der Waals surface area (Å²) >= 11 is 0. The molecule has 0 N–H and O–H groups in total. The van der Waals surface area contributed by atoms with Crippen LogP contribution in [0.2, 0.25) is 0 Å². The highest BCUT2D eigenvalue weighted by Crippen LogP contribution is 2.33. The lowest BCUT2D eigenvalue weighted by Crippen LogP contribution is -2.38. The first-order valence-electron chi connectivity index (χ1n) is 9.09. The smallest absolute Gasteiger partial charge is 0.246 e. The van der Waals surface area contributed by atoms with Gasteiger partial charge in [-0.2, -0.15) is 14.5 Å². The average Bonchev–Trinajstić information content (AvgIpc) is 3.17. The topological polar surface area (TPSA) is 85.4 Å². The van der Waals surface area contributed by atoms with Gasteiger partial charge in [-0.05, 0) is 56.7 Å². The second-order valence-corrected chi connectivity index (χ2v) is 9.15. The van der Waals surface area contributed by atoms with Crippen LogP contribution in [0.3, 0.4) is 0 Å². The molecule has 1 saturated heterocycles. The van der Waals surface area contributed by atoms with Crippen LogP contribution in [-0.2, 0) is 17.1 Å². The average molecular weight is 388 g/mol. The molecule has 4 heterocycles. The third kappa shape index (κ3) is 2.94. The molecule has 1 aliphatic heterocycles. The first-order chi connectivity index (χ1) is 12.8. The number of aryl methyl sites for hydroxylation is 3. The van der Waals surface area contributed by atoms with Gasteiger partial charge in [-0.3, -0.25) is 4.68 Å². The van der Waals surface area contributed by atoms with Crippen molar-refractivity contribution in [2.75, 3.05) is 13.1 Å². The van der Waals surface area contributed by atoms with E-state index in [0.717, 1.165) is 18.5 Å². The molecule has 3 aromatic heterocycles. The Bertz CT molecular complexity index is 1110. The highest BCUT2D eigenvalue weighted by atomic mass is 32.2. The molecular formula is C18H24N6O2S. The molecule has 0 atom stereocenters. The van der Waals surface area contributed by atoms with Crippen molar-refractivity contribution >= 4 is 15.7 Å². The van der Waals surface area contributed by atoms with E-state index in [4.69, 9.17) is 0 Å². The Kier molecular flexibility index (Phi) is 4.31. The fourth-order valence-corrected chi connectivity index (χ4v) is 5.93. The van der Waals surface area contributed by atoms with Gasteiger partial charge in [-0.1, -0.05) is 0 Å². The highest BCUT2D eigenvalue weighted by molar-refractivity contribution is 7.89. The Labute approximate surface area is 158 Å². The lowest BCUT2D eigenvalue weighted by Gasteiger charge is -2.32. The fraction of sp³-hybridized carbons (Fsp3) is 0.500. The molecule has 8 nitrogen and oxygen atoms in total.